The highest BCUT2D eigenvalue weighted by atomic mass is 32.1. The molecule has 1 aliphatic carbocycles. The number of carbonyl (C=O) groups is 1. The molecule has 174 valence electrons. The fourth-order valence-electron chi connectivity index (χ4n) is 4.37. The lowest BCUT2D eigenvalue weighted by molar-refractivity contribution is 0.205. The van der Waals surface area contributed by atoms with Crippen molar-refractivity contribution in [2.75, 3.05) is 12.4 Å². The number of H-pyrrole nitrogens is 1. The summed E-state index contributed by atoms with van der Waals surface area (Å²) < 4.78 is 5.26. The average Bonchev–Trinajstić information content (AvgIpc) is 3.23. The van der Waals surface area contributed by atoms with E-state index in [2.05, 4.69) is 10.3 Å². The molecule has 1 aliphatic rings. The number of nitrogens with zero attached hydrogens (tertiary/aromatic N) is 2. The zero-order valence-corrected chi connectivity index (χ0v) is 19.8. The number of urea groups is 1. The van der Waals surface area contributed by atoms with E-state index in [0.717, 1.165) is 47.0 Å². The standard InChI is InChI=1S/C26H26N4O3S/c1-33-19-11-7-10-18(14-19)27-26(32)30(15-17-8-3-2-4-9-17)16-22-28-24(31)23-20-12-5-6-13-21(20)34-25(23)29-22/h2-4,7-11,14H,5-6,12-13,15-16H2,1H3,(H,27,32)(H,28,29,31). The second-order valence-corrected chi connectivity index (χ2v) is 9.49. The van der Waals surface area contributed by atoms with Crippen molar-refractivity contribution in [3.63, 3.8) is 0 Å². The number of amides is 2. The molecule has 0 unspecified atom stereocenters. The van der Waals surface area contributed by atoms with Gasteiger partial charge in [0.25, 0.3) is 5.56 Å². The van der Waals surface area contributed by atoms with Crippen LogP contribution in [0.4, 0.5) is 10.5 Å². The molecule has 0 aliphatic heterocycles. The lowest BCUT2D eigenvalue weighted by atomic mass is 9.97. The summed E-state index contributed by atoms with van der Waals surface area (Å²) in [6, 6.07) is 16.7. The number of aromatic amines is 1. The molecule has 2 amide bonds. The molecule has 5 rings (SSSR count). The van der Waals surface area contributed by atoms with Gasteiger partial charge in [-0.3, -0.25) is 4.79 Å². The number of ether oxygens (including phenoxy) is 1. The summed E-state index contributed by atoms with van der Waals surface area (Å²) in [5.74, 6) is 1.14. The van der Waals surface area contributed by atoms with Gasteiger partial charge in [-0.05, 0) is 48.9 Å². The number of benzene rings is 2. The Morgan fingerprint density at radius 2 is 1.94 bits per heavy atom. The number of carbonyl (C=O) groups excluding carboxylic acids is 1. The van der Waals surface area contributed by atoms with Gasteiger partial charge >= 0.3 is 6.03 Å². The molecule has 0 spiro atoms. The monoisotopic (exact) mass is 474 g/mol. The maximum atomic E-state index is 13.3. The van der Waals surface area contributed by atoms with Crippen molar-refractivity contribution in [1.82, 2.24) is 14.9 Å². The van der Waals surface area contributed by atoms with Crippen LogP contribution in [0.15, 0.2) is 59.4 Å². The lowest BCUT2D eigenvalue weighted by Crippen LogP contribution is -2.35. The Morgan fingerprint density at radius 3 is 2.76 bits per heavy atom. The van der Waals surface area contributed by atoms with Gasteiger partial charge in [-0.15, -0.1) is 11.3 Å². The van der Waals surface area contributed by atoms with Gasteiger partial charge in [0.1, 0.15) is 16.4 Å². The Labute approximate surface area is 201 Å². The maximum absolute atomic E-state index is 13.3. The molecule has 0 fully saturated rings. The number of hydrogen-bond acceptors (Lipinski definition) is 5. The van der Waals surface area contributed by atoms with Gasteiger partial charge in [-0.25, -0.2) is 9.78 Å². The van der Waals surface area contributed by atoms with Crippen molar-refractivity contribution >= 4 is 33.3 Å². The Balaban J connectivity index is 1.44. The summed E-state index contributed by atoms with van der Waals surface area (Å²) in [4.78, 5) is 37.6. The molecule has 2 heterocycles. The molecule has 0 radical (unpaired) electrons. The van der Waals surface area contributed by atoms with Gasteiger partial charge in [0.2, 0.25) is 0 Å². The smallest absolute Gasteiger partial charge is 0.322 e. The van der Waals surface area contributed by atoms with Crippen molar-refractivity contribution in [2.24, 2.45) is 0 Å². The van der Waals surface area contributed by atoms with E-state index in [0.29, 0.717) is 23.8 Å². The van der Waals surface area contributed by atoms with Crippen LogP contribution < -0.4 is 15.6 Å². The fraction of sp³-hybridized carbons (Fsp3) is 0.269. The maximum Gasteiger partial charge on any atom is 0.322 e. The zero-order valence-electron chi connectivity index (χ0n) is 19.0. The second-order valence-electron chi connectivity index (χ2n) is 8.41. The third-order valence-corrected chi connectivity index (χ3v) is 7.22. The van der Waals surface area contributed by atoms with Crippen LogP contribution in [0, 0.1) is 0 Å². The van der Waals surface area contributed by atoms with Crippen LogP contribution in [0.2, 0.25) is 0 Å². The van der Waals surface area contributed by atoms with Crippen LogP contribution in [-0.4, -0.2) is 28.0 Å². The predicted octanol–water partition coefficient (Wildman–Crippen LogP) is 5.11. The molecule has 7 nitrogen and oxygen atoms in total. The van der Waals surface area contributed by atoms with E-state index < -0.39 is 0 Å². The van der Waals surface area contributed by atoms with E-state index in [1.807, 2.05) is 48.5 Å². The van der Waals surface area contributed by atoms with Gasteiger partial charge in [0.15, 0.2) is 0 Å². The van der Waals surface area contributed by atoms with Crippen LogP contribution in [-0.2, 0) is 25.9 Å². The van der Waals surface area contributed by atoms with Crippen LogP contribution >= 0.6 is 11.3 Å². The van der Waals surface area contributed by atoms with E-state index in [4.69, 9.17) is 9.72 Å². The molecule has 0 saturated heterocycles. The number of nitrogens with one attached hydrogen (secondary N) is 2. The first-order valence-corrected chi connectivity index (χ1v) is 12.2. The number of thiophene rings is 1. The topological polar surface area (TPSA) is 87.3 Å². The van der Waals surface area contributed by atoms with Gasteiger partial charge in [0, 0.05) is 23.2 Å². The predicted molar refractivity (Wildman–Crippen MR) is 135 cm³/mol. The Morgan fingerprint density at radius 1 is 1.12 bits per heavy atom. The molecule has 0 saturated carbocycles. The van der Waals surface area contributed by atoms with Crippen molar-refractivity contribution in [2.45, 2.75) is 38.8 Å². The molecule has 4 aromatic rings. The summed E-state index contributed by atoms with van der Waals surface area (Å²) in [5, 5.41) is 3.66. The SMILES string of the molecule is COc1cccc(NC(=O)N(Cc2ccccc2)Cc2nc3sc4c(c3c(=O)[nH]2)CCCC4)c1. The lowest BCUT2D eigenvalue weighted by Gasteiger charge is -2.23. The zero-order chi connectivity index (χ0) is 23.5. The van der Waals surface area contributed by atoms with Gasteiger partial charge in [-0.2, -0.15) is 0 Å². The van der Waals surface area contributed by atoms with Crippen molar-refractivity contribution in [1.29, 1.82) is 0 Å². The number of anilines is 1. The molecule has 34 heavy (non-hydrogen) atoms. The highest BCUT2D eigenvalue weighted by Gasteiger charge is 2.22. The second kappa shape index (κ2) is 9.69. The van der Waals surface area contributed by atoms with Crippen LogP contribution in [0.25, 0.3) is 10.2 Å². The fourth-order valence-corrected chi connectivity index (χ4v) is 5.65. The summed E-state index contributed by atoms with van der Waals surface area (Å²) in [5.41, 5.74) is 2.65. The first-order chi connectivity index (χ1) is 16.6. The minimum Gasteiger partial charge on any atom is -0.497 e. The highest BCUT2D eigenvalue weighted by molar-refractivity contribution is 7.18. The normalized spacial score (nSPS) is 12.9. The molecular formula is C26H26N4O3S. The van der Waals surface area contributed by atoms with Crippen LogP contribution in [0.5, 0.6) is 5.75 Å². The van der Waals surface area contributed by atoms with E-state index in [9.17, 15) is 9.59 Å². The van der Waals surface area contributed by atoms with Crippen molar-refractivity contribution < 1.29 is 9.53 Å². The van der Waals surface area contributed by atoms with Gasteiger partial charge in [0.05, 0.1) is 19.0 Å². The summed E-state index contributed by atoms with van der Waals surface area (Å²) in [7, 11) is 1.59. The number of aromatic nitrogens is 2. The first kappa shape index (κ1) is 22.2. The molecule has 2 N–H and O–H groups in total. The van der Waals surface area contributed by atoms with Crippen LogP contribution in [0.1, 0.15) is 34.7 Å². The number of methoxy groups -OCH3 is 1. The average molecular weight is 475 g/mol. The van der Waals surface area contributed by atoms with Crippen molar-refractivity contribution in [3.8, 4) is 5.75 Å². The molecule has 8 heteroatoms. The van der Waals surface area contributed by atoms with E-state index in [-0.39, 0.29) is 18.1 Å². The third-order valence-electron chi connectivity index (χ3n) is 6.04. The van der Waals surface area contributed by atoms with E-state index in [1.54, 1.807) is 29.4 Å². The minimum atomic E-state index is -0.287. The summed E-state index contributed by atoms with van der Waals surface area (Å²) in [6.45, 7) is 0.553. The van der Waals surface area contributed by atoms with Gasteiger partial charge < -0.3 is 19.9 Å². The minimum absolute atomic E-state index is 0.118. The molecular weight excluding hydrogens is 448 g/mol. The van der Waals surface area contributed by atoms with E-state index >= 15 is 0 Å². The molecule has 0 bridgehead atoms. The quantitative estimate of drug-likeness (QED) is 0.407. The molecule has 2 aromatic heterocycles. The van der Waals surface area contributed by atoms with Gasteiger partial charge in [-0.1, -0.05) is 36.4 Å². The number of rotatable bonds is 6. The molecule has 2 aromatic carbocycles. The highest BCUT2D eigenvalue weighted by Crippen LogP contribution is 2.33. The largest absolute Gasteiger partial charge is 0.497 e. The number of fused-ring (bicyclic) bond motifs is 3. The summed E-state index contributed by atoms with van der Waals surface area (Å²) in [6.07, 6.45) is 4.20. The number of aryl methyl sites for hydroxylation is 2. The number of hydrogen-bond donors (Lipinski definition) is 2. The first-order valence-electron chi connectivity index (χ1n) is 11.4. The molecule has 0 atom stereocenters. The third kappa shape index (κ3) is 4.68. The van der Waals surface area contributed by atoms with E-state index in [1.165, 1.54) is 4.88 Å². The van der Waals surface area contributed by atoms with Crippen molar-refractivity contribution in [3.05, 3.63) is 86.8 Å². The van der Waals surface area contributed by atoms with Crippen LogP contribution in [0.3, 0.4) is 0 Å². The Hall–Kier alpha value is -3.65. The Bertz CT molecular complexity index is 1380. The Kier molecular flexibility index (Phi) is 6.31. The summed E-state index contributed by atoms with van der Waals surface area (Å²) >= 11 is 1.61.